The summed E-state index contributed by atoms with van der Waals surface area (Å²) in [4.78, 5) is 4.47. The van der Waals surface area contributed by atoms with Gasteiger partial charge < -0.3 is 0 Å². The summed E-state index contributed by atoms with van der Waals surface area (Å²) in [6.07, 6.45) is 14.7. The van der Waals surface area contributed by atoms with Gasteiger partial charge in [-0.2, -0.15) is 0 Å². The monoisotopic (exact) mass is 280 g/mol. The van der Waals surface area contributed by atoms with Crippen LogP contribution < -0.4 is 5.32 Å². The van der Waals surface area contributed by atoms with Crippen LogP contribution in [-0.4, -0.2) is 12.9 Å². The van der Waals surface area contributed by atoms with Crippen molar-refractivity contribution in [2.75, 3.05) is 6.67 Å². The van der Waals surface area contributed by atoms with Gasteiger partial charge in [0.15, 0.2) is 0 Å². The average molecular weight is 280 g/mol. The first kappa shape index (κ1) is 15.5. The molecule has 0 amide bonds. The van der Waals surface area contributed by atoms with E-state index in [9.17, 15) is 0 Å². The average Bonchev–Trinajstić information content (AvgIpc) is 2.44. The molecule has 1 N–H and O–H groups in total. The Balaban J connectivity index is 1.79. The first-order valence-corrected chi connectivity index (χ1v) is 7.55. The van der Waals surface area contributed by atoms with Crippen molar-refractivity contribution in [3.63, 3.8) is 0 Å². The Morgan fingerprint density at radius 2 is 2.10 bits per heavy atom. The molecule has 0 aliphatic heterocycles. The summed E-state index contributed by atoms with van der Waals surface area (Å²) in [5.41, 5.74) is 5.27. The third-order valence-electron chi connectivity index (χ3n) is 3.55. The van der Waals surface area contributed by atoms with Gasteiger partial charge in [0.2, 0.25) is 0 Å². The van der Waals surface area contributed by atoms with Crippen molar-refractivity contribution < 1.29 is 0 Å². The van der Waals surface area contributed by atoms with Gasteiger partial charge in [0.1, 0.15) is 0 Å². The van der Waals surface area contributed by atoms with Crippen LogP contribution in [0, 0.1) is 13.8 Å². The number of hydrogen-bond acceptors (Lipinski definition) is 2. The summed E-state index contributed by atoms with van der Waals surface area (Å²) >= 11 is 0. The molecule has 0 radical (unpaired) electrons. The Bertz CT molecular complexity index is 577. The molecule has 1 aliphatic rings. The number of nitrogens with zero attached hydrogens (tertiary/aromatic N) is 1. The first-order chi connectivity index (χ1) is 10.3. The molecule has 110 valence electrons. The Kier molecular flexibility index (Phi) is 6.17. The second-order valence-corrected chi connectivity index (χ2v) is 5.42. The van der Waals surface area contributed by atoms with Crippen molar-refractivity contribution >= 4 is 6.21 Å². The van der Waals surface area contributed by atoms with Gasteiger partial charge in [-0.15, -0.1) is 0 Å². The molecule has 2 rings (SSSR count). The molecule has 2 nitrogen and oxygen atoms in total. The van der Waals surface area contributed by atoms with Crippen molar-refractivity contribution in [3.05, 3.63) is 70.8 Å². The standard InChI is InChI=1S/C19H24N2/c1-16-10-11-17(2)19(12-16)14-21-15-20-13-18-8-6-4-3-5-7-9-18/h3-6,8,10-13,21H,7,9,14-15H2,1-2H3/b5-3-,6-4-,18-8+,20-13?. The summed E-state index contributed by atoms with van der Waals surface area (Å²) in [7, 11) is 0. The van der Waals surface area contributed by atoms with E-state index in [1.54, 1.807) is 0 Å². The SMILES string of the molecule is Cc1ccc(C)c(CNCN=C/C2=C/C=C\C=C/CC2)c1. The molecule has 0 unspecified atom stereocenters. The van der Waals surface area contributed by atoms with Crippen LogP contribution in [0.3, 0.4) is 0 Å². The molecule has 0 heterocycles. The number of benzene rings is 1. The van der Waals surface area contributed by atoms with Crippen molar-refractivity contribution in [1.82, 2.24) is 5.32 Å². The van der Waals surface area contributed by atoms with E-state index in [4.69, 9.17) is 0 Å². The molecule has 2 heteroatoms. The van der Waals surface area contributed by atoms with Crippen LogP contribution in [0.1, 0.15) is 29.5 Å². The smallest absolute Gasteiger partial charge is 0.0887 e. The van der Waals surface area contributed by atoms with Crippen LogP contribution >= 0.6 is 0 Å². The van der Waals surface area contributed by atoms with Crippen molar-refractivity contribution in [2.24, 2.45) is 4.99 Å². The lowest BCUT2D eigenvalue weighted by molar-refractivity contribution is 0.708. The molecule has 1 aromatic carbocycles. The van der Waals surface area contributed by atoms with Gasteiger partial charge >= 0.3 is 0 Å². The van der Waals surface area contributed by atoms with Crippen molar-refractivity contribution in [2.45, 2.75) is 33.2 Å². The lowest BCUT2D eigenvalue weighted by Crippen LogP contribution is -2.14. The maximum absolute atomic E-state index is 4.47. The largest absolute Gasteiger partial charge is 0.294 e. The fraction of sp³-hybridized carbons (Fsp3) is 0.316. The van der Waals surface area contributed by atoms with Crippen molar-refractivity contribution in [3.8, 4) is 0 Å². The quantitative estimate of drug-likeness (QED) is 0.632. The molecule has 1 aliphatic carbocycles. The van der Waals surface area contributed by atoms with Gasteiger partial charge in [-0.1, -0.05) is 54.1 Å². The lowest BCUT2D eigenvalue weighted by Gasteiger charge is -2.07. The number of rotatable bonds is 5. The maximum Gasteiger partial charge on any atom is 0.0887 e. The molecule has 0 saturated heterocycles. The second-order valence-electron chi connectivity index (χ2n) is 5.42. The van der Waals surface area contributed by atoms with E-state index < -0.39 is 0 Å². The molecule has 0 fully saturated rings. The van der Waals surface area contributed by atoms with E-state index in [0.717, 1.165) is 19.4 Å². The number of hydrogen-bond donors (Lipinski definition) is 1. The van der Waals surface area contributed by atoms with Crippen LogP contribution in [-0.2, 0) is 6.54 Å². The summed E-state index contributed by atoms with van der Waals surface area (Å²) in [5, 5.41) is 3.38. The van der Waals surface area contributed by atoms with Gasteiger partial charge in [-0.05, 0) is 43.4 Å². The first-order valence-electron chi connectivity index (χ1n) is 7.55. The molecule has 21 heavy (non-hydrogen) atoms. The fourth-order valence-electron chi connectivity index (χ4n) is 2.27. The summed E-state index contributed by atoms with van der Waals surface area (Å²) in [5.74, 6) is 0. The van der Waals surface area contributed by atoms with Crippen LogP contribution in [0.2, 0.25) is 0 Å². The topological polar surface area (TPSA) is 24.4 Å². The molecule has 0 bridgehead atoms. The minimum absolute atomic E-state index is 0.657. The van der Waals surface area contributed by atoms with Crippen LogP contribution in [0.25, 0.3) is 0 Å². The van der Waals surface area contributed by atoms with Crippen LogP contribution in [0.4, 0.5) is 0 Å². The maximum atomic E-state index is 4.47. The summed E-state index contributed by atoms with van der Waals surface area (Å²) in [6, 6.07) is 6.56. The van der Waals surface area contributed by atoms with E-state index >= 15 is 0 Å². The molecule has 0 atom stereocenters. The zero-order valence-corrected chi connectivity index (χ0v) is 13.0. The fourth-order valence-corrected chi connectivity index (χ4v) is 2.27. The van der Waals surface area contributed by atoms with Gasteiger partial charge in [0, 0.05) is 12.8 Å². The Morgan fingerprint density at radius 3 is 3.00 bits per heavy atom. The van der Waals surface area contributed by atoms with Crippen molar-refractivity contribution in [1.29, 1.82) is 0 Å². The zero-order chi connectivity index (χ0) is 14.9. The van der Waals surface area contributed by atoms with Gasteiger partial charge in [0.25, 0.3) is 0 Å². The highest BCUT2D eigenvalue weighted by Crippen LogP contribution is 2.10. The third-order valence-corrected chi connectivity index (χ3v) is 3.55. The molecular formula is C19H24N2. The zero-order valence-electron chi connectivity index (χ0n) is 13.0. The van der Waals surface area contributed by atoms with E-state index in [1.807, 2.05) is 6.21 Å². The molecule has 0 spiro atoms. The third kappa shape index (κ3) is 5.52. The molecule has 0 aromatic heterocycles. The predicted octanol–water partition coefficient (Wildman–Crippen LogP) is 4.25. The summed E-state index contributed by atoms with van der Waals surface area (Å²) in [6.45, 7) is 5.81. The normalized spacial score (nSPS) is 20.6. The van der Waals surface area contributed by atoms with Gasteiger partial charge in [-0.25, -0.2) is 0 Å². The minimum atomic E-state index is 0.657. The highest BCUT2D eigenvalue weighted by Gasteiger charge is 1.97. The highest BCUT2D eigenvalue weighted by atomic mass is 15.0. The van der Waals surface area contributed by atoms with Crippen LogP contribution in [0.5, 0.6) is 0 Å². The number of nitrogens with one attached hydrogen (secondary N) is 1. The summed E-state index contributed by atoms with van der Waals surface area (Å²) < 4.78 is 0. The molecular weight excluding hydrogens is 256 g/mol. The van der Waals surface area contributed by atoms with E-state index in [1.165, 1.54) is 22.3 Å². The van der Waals surface area contributed by atoms with E-state index in [0.29, 0.717) is 6.67 Å². The number of allylic oxidation sites excluding steroid dienone is 6. The lowest BCUT2D eigenvalue weighted by atomic mass is 10.1. The number of aryl methyl sites for hydroxylation is 2. The number of aliphatic imine (C=N–C) groups is 1. The highest BCUT2D eigenvalue weighted by molar-refractivity contribution is 5.79. The Labute approximate surface area is 128 Å². The van der Waals surface area contributed by atoms with Gasteiger partial charge in [0.05, 0.1) is 6.67 Å². The molecule has 0 saturated carbocycles. The van der Waals surface area contributed by atoms with Crippen LogP contribution in [0.15, 0.2) is 59.1 Å². The predicted molar refractivity (Wildman–Crippen MR) is 91.7 cm³/mol. The van der Waals surface area contributed by atoms with Gasteiger partial charge in [-0.3, -0.25) is 10.3 Å². The van der Waals surface area contributed by atoms with E-state index in [2.05, 4.69) is 72.7 Å². The molecule has 1 aromatic rings. The Morgan fingerprint density at radius 1 is 1.19 bits per heavy atom. The minimum Gasteiger partial charge on any atom is -0.294 e. The van der Waals surface area contributed by atoms with E-state index in [-0.39, 0.29) is 0 Å². The second kappa shape index (κ2) is 8.38. The Hall–Kier alpha value is -1.93.